The zero-order valence-electron chi connectivity index (χ0n) is 9.92. The van der Waals surface area contributed by atoms with E-state index in [0.717, 1.165) is 11.1 Å². The summed E-state index contributed by atoms with van der Waals surface area (Å²) in [7, 11) is 0. The van der Waals surface area contributed by atoms with Gasteiger partial charge in [-0.15, -0.1) is 0 Å². The molecule has 0 saturated carbocycles. The Morgan fingerprint density at radius 2 is 2.12 bits per heavy atom. The van der Waals surface area contributed by atoms with Gasteiger partial charge in [0.2, 0.25) is 5.91 Å². The minimum absolute atomic E-state index is 0.0256. The van der Waals surface area contributed by atoms with E-state index in [1.54, 1.807) is 6.20 Å². The lowest BCUT2D eigenvalue weighted by atomic mass is 9.96. The smallest absolute Gasteiger partial charge is 0.230 e. The molecule has 86 valence electrons. The second-order valence-electron chi connectivity index (χ2n) is 4.38. The number of hydrogen-bond donors (Lipinski definition) is 0. The van der Waals surface area contributed by atoms with E-state index in [-0.39, 0.29) is 11.8 Å². The SMILES string of the molecule is CC(C)C(=O)N1C=Cc2ccccc2C1C#N. The van der Waals surface area contributed by atoms with E-state index in [9.17, 15) is 10.1 Å². The molecule has 1 heterocycles. The normalized spacial score (nSPS) is 17.8. The first-order valence-electron chi connectivity index (χ1n) is 5.64. The summed E-state index contributed by atoms with van der Waals surface area (Å²) in [4.78, 5) is 13.5. The molecule has 0 radical (unpaired) electrons. The summed E-state index contributed by atoms with van der Waals surface area (Å²) in [6, 6.07) is 9.36. The molecule has 2 rings (SSSR count). The van der Waals surface area contributed by atoms with Gasteiger partial charge in [-0.25, -0.2) is 0 Å². The fourth-order valence-corrected chi connectivity index (χ4v) is 1.94. The highest BCUT2D eigenvalue weighted by Gasteiger charge is 2.28. The van der Waals surface area contributed by atoms with Gasteiger partial charge in [-0.05, 0) is 17.2 Å². The van der Waals surface area contributed by atoms with Crippen molar-refractivity contribution in [1.29, 1.82) is 5.26 Å². The fourth-order valence-electron chi connectivity index (χ4n) is 1.94. The summed E-state index contributed by atoms with van der Waals surface area (Å²) in [5.74, 6) is -0.136. The molecule has 3 heteroatoms. The van der Waals surface area contributed by atoms with Crippen LogP contribution in [0.4, 0.5) is 0 Å². The highest BCUT2D eigenvalue weighted by atomic mass is 16.2. The highest BCUT2D eigenvalue weighted by molar-refractivity contribution is 5.82. The van der Waals surface area contributed by atoms with Crippen molar-refractivity contribution in [2.45, 2.75) is 19.9 Å². The third-order valence-corrected chi connectivity index (χ3v) is 2.85. The molecule has 1 aliphatic rings. The van der Waals surface area contributed by atoms with Gasteiger partial charge in [-0.2, -0.15) is 5.26 Å². The number of nitrogens with zero attached hydrogens (tertiary/aromatic N) is 2. The molecule has 1 unspecified atom stereocenters. The van der Waals surface area contributed by atoms with Crippen LogP contribution in [0.25, 0.3) is 6.08 Å². The van der Waals surface area contributed by atoms with E-state index >= 15 is 0 Å². The van der Waals surface area contributed by atoms with E-state index < -0.39 is 6.04 Å². The minimum atomic E-state index is -0.508. The number of nitriles is 1. The van der Waals surface area contributed by atoms with Crippen LogP contribution in [0.3, 0.4) is 0 Å². The van der Waals surface area contributed by atoms with E-state index in [2.05, 4.69) is 6.07 Å². The standard InChI is InChI=1S/C14H14N2O/c1-10(2)14(17)16-8-7-11-5-3-4-6-12(11)13(16)9-15/h3-8,10,13H,1-2H3. The van der Waals surface area contributed by atoms with Crippen molar-refractivity contribution in [3.8, 4) is 6.07 Å². The van der Waals surface area contributed by atoms with Crippen LogP contribution in [0.2, 0.25) is 0 Å². The largest absolute Gasteiger partial charge is 0.298 e. The van der Waals surface area contributed by atoms with Gasteiger partial charge in [0, 0.05) is 12.1 Å². The first-order valence-corrected chi connectivity index (χ1v) is 5.64. The van der Waals surface area contributed by atoms with Gasteiger partial charge in [-0.3, -0.25) is 9.69 Å². The van der Waals surface area contributed by atoms with Crippen LogP contribution in [0.15, 0.2) is 30.5 Å². The van der Waals surface area contributed by atoms with Gasteiger partial charge in [0.15, 0.2) is 0 Å². The van der Waals surface area contributed by atoms with Gasteiger partial charge < -0.3 is 0 Å². The van der Waals surface area contributed by atoms with Crippen LogP contribution in [-0.4, -0.2) is 10.8 Å². The minimum Gasteiger partial charge on any atom is -0.298 e. The van der Waals surface area contributed by atoms with Crippen LogP contribution in [0.1, 0.15) is 31.0 Å². The Balaban J connectivity index is 2.43. The van der Waals surface area contributed by atoms with Crippen LogP contribution in [0, 0.1) is 17.2 Å². The van der Waals surface area contributed by atoms with Crippen LogP contribution >= 0.6 is 0 Å². The lowest BCUT2D eigenvalue weighted by Gasteiger charge is -2.29. The summed E-state index contributed by atoms with van der Waals surface area (Å²) < 4.78 is 0. The molecule has 1 aromatic rings. The lowest BCUT2D eigenvalue weighted by Crippen LogP contribution is -2.34. The molecule has 0 saturated heterocycles. The number of hydrogen-bond acceptors (Lipinski definition) is 2. The second-order valence-corrected chi connectivity index (χ2v) is 4.38. The maximum absolute atomic E-state index is 12.0. The summed E-state index contributed by atoms with van der Waals surface area (Å²) >= 11 is 0. The van der Waals surface area contributed by atoms with Gasteiger partial charge in [0.25, 0.3) is 0 Å². The molecule has 0 N–H and O–H groups in total. The van der Waals surface area contributed by atoms with E-state index in [1.807, 2.05) is 44.2 Å². The number of amides is 1. The van der Waals surface area contributed by atoms with Gasteiger partial charge >= 0.3 is 0 Å². The Bertz CT molecular complexity index is 511. The number of carbonyl (C=O) groups excluding carboxylic acids is 1. The van der Waals surface area contributed by atoms with Gasteiger partial charge in [0.1, 0.15) is 6.04 Å². The summed E-state index contributed by atoms with van der Waals surface area (Å²) in [6.07, 6.45) is 3.59. The third kappa shape index (κ3) is 1.94. The molecule has 1 aromatic carbocycles. The van der Waals surface area contributed by atoms with Crippen LogP contribution < -0.4 is 0 Å². The van der Waals surface area contributed by atoms with Crippen molar-refractivity contribution in [1.82, 2.24) is 4.90 Å². The Labute approximate surface area is 101 Å². The zero-order chi connectivity index (χ0) is 12.4. The molecular formula is C14H14N2O. The maximum Gasteiger partial charge on any atom is 0.230 e. The molecular weight excluding hydrogens is 212 g/mol. The maximum atomic E-state index is 12.0. The predicted octanol–water partition coefficient (Wildman–Crippen LogP) is 2.72. The molecule has 1 aliphatic heterocycles. The van der Waals surface area contributed by atoms with E-state index in [1.165, 1.54) is 4.90 Å². The molecule has 1 atom stereocenters. The molecule has 0 spiro atoms. The topological polar surface area (TPSA) is 44.1 Å². The Morgan fingerprint density at radius 3 is 2.76 bits per heavy atom. The quantitative estimate of drug-likeness (QED) is 0.739. The van der Waals surface area contributed by atoms with E-state index in [4.69, 9.17) is 0 Å². The first-order chi connectivity index (χ1) is 8.15. The van der Waals surface area contributed by atoms with Crippen molar-refractivity contribution in [3.05, 3.63) is 41.6 Å². The lowest BCUT2D eigenvalue weighted by molar-refractivity contribution is -0.133. The summed E-state index contributed by atoms with van der Waals surface area (Å²) in [5, 5.41) is 9.26. The second kappa shape index (κ2) is 4.42. The van der Waals surface area contributed by atoms with Crippen molar-refractivity contribution < 1.29 is 4.79 Å². The molecule has 0 fully saturated rings. The first kappa shape index (κ1) is 11.4. The third-order valence-electron chi connectivity index (χ3n) is 2.85. The van der Waals surface area contributed by atoms with Gasteiger partial charge in [-0.1, -0.05) is 38.1 Å². The van der Waals surface area contributed by atoms with E-state index in [0.29, 0.717) is 0 Å². The summed E-state index contributed by atoms with van der Waals surface area (Å²) in [6.45, 7) is 3.68. The van der Waals surface area contributed by atoms with Crippen molar-refractivity contribution in [2.75, 3.05) is 0 Å². The highest BCUT2D eigenvalue weighted by Crippen LogP contribution is 2.30. The van der Waals surface area contributed by atoms with Crippen LogP contribution in [-0.2, 0) is 4.79 Å². The molecule has 3 nitrogen and oxygen atoms in total. The average Bonchev–Trinajstić information content (AvgIpc) is 2.36. The average molecular weight is 226 g/mol. The van der Waals surface area contributed by atoms with Crippen molar-refractivity contribution in [3.63, 3.8) is 0 Å². The zero-order valence-corrected chi connectivity index (χ0v) is 9.92. The molecule has 0 aromatic heterocycles. The van der Waals surface area contributed by atoms with Crippen LogP contribution in [0.5, 0.6) is 0 Å². The number of rotatable bonds is 1. The monoisotopic (exact) mass is 226 g/mol. The fraction of sp³-hybridized carbons (Fsp3) is 0.286. The number of carbonyl (C=O) groups is 1. The summed E-state index contributed by atoms with van der Waals surface area (Å²) in [5.41, 5.74) is 1.90. The molecule has 17 heavy (non-hydrogen) atoms. The molecule has 0 bridgehead atoms. The number of benzene rings is 1. The molecule has 0 aliphatic carbocycles. The van der Waals surface area contributed by atoms with Crippen molar-refractivity contribution >= 4 is 12.0 Å². The molecule has 1 amide bonds. The van der Waals surface area contributed by atoms with Crippen molar-refractivity contribution in [2.24, 2.45) is 5.92 Å². The predicted molar refractivity (Wildman–Crippen MR) is 65.5 cm³/mol. The van der Waals surface area contributed by atoms with Gasteiger partial charge in [0.05, 0.1) is 6.07 Å². The Hall–Kier alpha value is -2.08. The Morgan fingerprint density at radius 1 is 1.41 bits per heavy atom. The number of fused-ring (bicyclic) bond motifs is 1. The Kier molecular flexibility index (Phi) is 2.97.